The molecule has 3 heterocycles. The van der Waals surface area contributed by atoms with E-state index in [-0.39, 0.29) is 17.8 Å². The molecule has 1 aliphatic heterocycles. The molecule has 0 radical (unpaired) electrons. The quantitative estimate of drug-likeness (QED) is 0.332. The molecule has 172 valence electrons. The van der Waals surface area contributed by atoms with Crippen molar-refractivity contribution in [2.24, 2.45) is 12.8 Å². The van der Waals surface area contributed by atoms with E-state index in [1.165, 1.54) is 4.90 Å². The van der Waals surface area contributed by atoms with Crippen LogP contribution in [0.15, 0.2) is 48.8 Å². The Kier molecular flexibility index (Phi) is 5.88. The maximum absolute atomic E-state index is 12.1. The Morgan fingerprint density at radius 1 is 1.29 bits per heavy atom. The summed E-state index contributed by atoms with van der Waals surface area (Å²) in [5, 5.41) is 26.1. The van der Waals surface area contributed by atoms with E-state index >= 15 is 0 Å². The summed E-state index contributed by atoms with van der Waals surface area (Å²) in [6.07, 6.45) is 3.61. The van der Waals surface area contributed by atoms with Gasteiger partial charge in [0.15, 0.2) is 0 Å². The largest absolute Gasteiger partial charge is 0.369 e. The maximum atomic E-state index is 12.1. The average Bonchev–Trinajstić information content (AvgIpc) is 3.37. The number of amides is 2. The smallest absolute Gasteiger partial charge is 0.267 e. The lowest BCUT2D eigenvalue weighted by atomic mass is 10.0. The zero-order valence-corrected chi connectivity index (χ0v) is 18.7. The minimum atomic E-state index is -1.69. The van der Waals surface area contributed by atoms with E-state index < -0.39 is 23.1 Å². The summed E-state index contributed by atoms with van der Waals surface area (Å²) in [6.45, 7) is 0.445. The number of primary amides is 1. The molecule has 1 atom stereocenters. The molecular formula is C24H23N7O3. The minimum Gasteiger partial charge on any atom is -0.369 e. The van der Waals surface area contributed by atoms with Gasteiger partial charge in [-0.25, -0.2) is 4.98 Å². The second-order valence-electron chi connectivity index (χ2n) is 8.03. The summed E-state index contributed by atoms with van der Waals surface area (Å²) in [6, 6.07) is 10.4. The molecule has 10 nitrogen and oxygen atoms in total. The molecular weight excluding hydrogens is 434 g/mol. The van der Waals surface area contributed by atoms with Crippen LogP contribution in [0.4, 0.5) is 11.5 Å². The molecule has 2 amide bonds. The van der Waals surface area contributed by atoms with Gasteiger partial charge in [-0.05, 0) is 30.3 Å². The summed E-state index contributed by atoms with van der Waals surface area (Å²) in [7, 11) is 3.41. The van der Waals surface area contributed by atoms with Gasteiger partial charge in [0.05, 0.1) is 5.69 Å². The van der Waals surface area contributed by atoms with E-state index in [2.05, 4.69) is 27.2 Å². The molecule has 0 spiro atoms. The van der Waals surface area contributed by atoms with Crippen LogP contribution in [0.2, 0.25) is 0 Å². The zero-order chi connectivity index (χ0) is 24.5. The van der Waals surface area contributed by atoms with E-state index in [4.69, 9.17) is 11.1 Å². The van der Waals surface area contributed by atoms with Gasteiger partial charge in [0.2, 0.25) is 5.60 Å². The number of carbonyl (C=O) groups is 2. The number of pyridine rings is 1. The van der Waals surface area contributed by atoms with Gasteiger partial charge in [-0.1, -0.05) is 17.9 Å². The first-order valence-corrected chi connectivity index (χ1v) is 10.4. The van der Waals surface area contributed by atoms with Gasteiger partial charge in [0.1, 0.15) is 11.5 Å². The molecule has 4 rings (SSSR count). The number of nitrogens with one attached hydrogen (secondary N) is 2. The Morgan fingerprint density at radius 2 is 2.09 bits per heavy atom. The molecule has 0 bridgehead atoms. The summed E-state index contributed by atoms with van der Waals surface area (Å²) in [4.78, 5) is 29.7. The fraction of sp³-hybridized carbons (Fsp3) is 0.208. The van der Waals surface area contributed by atoms with Crippen molar-refractivity contribution in [2.45, 2.75) is 12.0 Å². The van der Waals surface area contributed by atoms with Crippen LogP contribution >= 0.6 is 0 Å². The van der Waals surface area contributed by atoms with Crippen LogP contribution in [0.1, 0.15) is 17.5 Å². The Hall–Kier alpha value is -4.49. The highest BCUT2D eigenvalue weighted by Gasteiger charge is 2.42. The van der Waals surface area contributed by atoms with Crippen molar-refractivity contribution in [3.05, 3.63) is 59.9 Å². The van der Waals surface area contributed by atoms with Crippen LogP contribution in [0, 0.1) is 17.3 Å². The number of likely N-dealkylation sites (tertiary alicyclic amines) is 1. The van der Waals surface area contributed by atoms with Crippen LogP contribution in [-0.4, -0.2) is 61.5 Å². The number of carbonyl (C=O) groups excluding carboxylic acids is 2. The zero-order valence-electron chi connectivity index (χ0n) is 18.7. The van der Waals surface area contributed by atoms with Crippen molar-refractivity contribution < 1.29 is 14.7 Å². The van der Waals surface area contributed by atoms with Gasteiger partial charge < -0.3 is 21.1 Å². The summed E-state index contributed by atoms with van der Waals surface area (Å²) in [5.74, 6) is 4.50. The maximum Gasteiger partial charge on any atom is 0.267 e. The molecule has 3 aromatic rings. The second-order valence-corrected chi connectivity index (χ2v) is 8.03. The van der Waals surface area contributed by atoms with E-state index in [0.717, 1.165) is 0 Å². The first kappa shape index (κ1) is 22.7. The van der Waals surface area contributed by atoms with Crippen molar-refractivity contribution in [3.63, 3.8) is 0 Å². The van der Waals surface area contributed by atoms with Gasteiger partial charge in [0, 0.05) is 61.8 Å². The lowest BCUT2D eigenvalue weighted by Gasteiger charge is -2.13. The monoisotopic (exact) mass is 457 g/mol. The number of aliphatic hydroxyl groups is 1. The molecule has 0 saturated carbocycles. The van der Waals surface area contributed by atoms with E-state index in [0.29, 0.717) is 29.1 Å². The molecule has 2 aromatic heterocycles. The van der Waals surface area contributed by atoms with Gasteiger partial charge >= 0.3 is 0 Å². The number of hydrogen-bond donors (Lipinski definition) is 4. The molecule has 1 unspecified atom stereocenters. The third-order valence-electron chi connectivity index (χ3n) is 5.46. The summed E-state index contributed by atoms with van der Waals surface area (Å²) < 4.78 is 1.64. The van der Waals surface area contributed by atoms with Crippen molar-refractivity contribution in [3.8, 4) is 23.1 Å². The molecule has 5 N–H and O–H groups in total. The highest BCUT2D eigenvalue weighted by Crippen LogP contribution is 2.26. The molecule has 10 heteroatoms. The highest BCUT2D eigenvalue weighted by molar-refractivity contribution is 6.44. The van der Waals surface area contributed by atoms with Crippen molar-refractivity contribution in [2.75, 3.05) is 18.9 Å². The summed E-state index contributed by atoms with van der Waals surface area (Å²) in [5.41, 5.74) is 5.94. The number of rotatable bonds is 5. The topological polar surface area (TPSA) is 150 Å². The molecule has 1 aliphatic rings. The van der Waals surface area contributed by atoms with Crippen molar-refractivity contribution in [1.82, 2.24) is 19.7 Å². The number of likely N-dealkylation sites (N-methyl/N-ethyl adjacent to an activating group) is 1. The van der Waals surface area contributed by atoms with E-state index in [9.17, 15) is 14.7 Å². The molecule has 1 fully saturated rings. The van der Waals surface area contributed by atoms with Gasteiger partial charge in [-0.2, -0.15) is 5.10 Å². The number of aromatic nitrogens is 3. The predicted molar refractivity (Wildman–Crippen MR) is 126 cm³/mol. The fourth-order valence-electron chi connectivity index (χ4n) is 3.55. The Bertz CT molecular complexity index is 1370. The normalized spacial score (nSPS) is 17.3. The van der Waals surface area contributed by atoms with Gasteiger partial charge in [-0.3, -0.25) is 19.7 Å². The Labute approximate surface area is 195 Å². The lowest BCUT2D eigenvalue weighted by molar-refractivity contribution is -0.137. The van der Waals surface area contributed by atoms with Crippen molar-refractivity contribution in [1.29, 1.82) is 5.41 Å². The van der Waals surface area contributed by atoms with Crippen LogP contribution in [-0.2, 0) is 16.6 Å². The second kappa shape index (κ2) is 8.80. The number of anilines is 2. The van der Waals surface area contributed by atoms with E-state index in [1.54, 1.807) is 67.6 Å². The van der Waals surface area contributed by atoms with Gasteiger partial charge in [-0.15, -0.1) is 0 Å². The standard InChI is InChI=1S/C24H23N7O3/c1-30-11-9-24(34,23(30)33)8-6-15-4-3-5-17(12-15)28-22-18(20(25)21(26)32)13-16(14-27-22)19-7-10-31(2)29-19/h3-5,7,10,12-14,25,34H,9,11H2,1-2H3,(H2,26,32)(H,27,28). The highest BCUT2D eigenvalue weighted by atomic mass is 16.3. The van der Waals surface area contributed by atoms with Crippen LogP contribution < -0.4 is 11.1 Å². The summed E-state index contributed by atoms with van der Waals surface area (Å²) >= 11 is 0. The molecule has 1 saturated heterocycles. The number of hydrogen-bond acceptors (Lipinski definition) is 7. The first-order valence-electron chi connectivity index (χ1n) is 10.4. The van der Waals surface area contributed by atoms with Gasteiger partial charge in [0.25, 0.3) is 11.8 Å². The average molecular weight is 457 g/mol. The lowest BCUT2D eigenvalue weighted by Crippen LogP contribution is -2.37. The first-order chi connectivity index (χ1) is 16.2. The number of nitrogens with zero attached hydrogens (tertiary/aromatic N) is 4. The van der Waals surface area contributed by atoms with E-state index in [1.807, 2.05) is 0 Å². The number of benzene rings is 1. The van der Waals surface area contributed by atoms with Crippen LogP contribution in [0.3, 0.4) is 0 Å². The van der Waals surface area contributed by atoms with Crippen LogP contribution in [0.25, 0.3) is 11.3 Å². The Morgan fingerprint density at radius 3 is 2.74 bits per heavy atom. The van der Waals surface area contributed by atoms with Crippen LogP contribution in [0.5, 0.6) is 0 Å². The molecule has 1 aromatic carbocycles. The number of nitrogens with two attached hydrogens (primary N) is 1. The third kappa shape index (κ3) is 4.51. The fourth-order valence-corrected chi connectivity index (χ4v) is 3.55. The Balaban J connectivity index is 1.64. The molecule has 0 aliphatic carbocycles. The number of aryl methyl sites for hydroxylation is 1. The molecule has 34 heavy (non-hydrogen) atoms. The SMILES string of the molecule is CN1CCC(O)(C#Cc2cccc(Nc3ncc(-c4ccn(C)n4)cc3C(=N)C(N)=O)c2)C1=O. The predicted octanol–water partition coefficient (Wildman–Crippen LogP) is 1.02. The van der Waals surface area contributed by atoms with Crippen molar-refractivity contribution >= 4 is 29.0 Å². The third-order valence-corrected chi connectivity index (χ3v) is 5.46. The minimum absolute atomic E-state index is 0.223.